The van der Waals surface area contributed by atoms with E-state index in [-0.39, 0.29) is 46.9 Å². The maximum atomic E-state index is 3.37. The molecule has 6 aliphatic rings. The molecule has 0 saturated heterocycles. The van der Waals surface area contributed by atoms with Gasteiger partial charge in [-0.1, -0.05) is 283 Å². The number of halogens is 46. The summed E-state index contributed by atoms with van der Waals surface area (Å²) in [5.41, 5.74) is 35.7. The fraction of sp³-hybridized carbons (Fsp3) is 0.273. The normalized spacial score (nSPS) is 19.8. The van der Waals surface area contributed by atoms with Gasteiger partial charge < -0.3 is 19.6 Å². The Bertz CT molecular complexity index is 6550. The Morgan fingerprint density at radius 1 is 0.267 bits per heavy atom. The van der Waals surface area contributed by atoms with Gasteiger partial charge in [-0.25, -0.2) is 0 Å². The molecule has 0 radical (unpaired) electrons. The van der Waals surface area contributed by atoms with E-state index in [1.54, 1.807) is 5.56 Å². The van der Waals surface area contributed by atoms with Gasteiger partial charge in [0.25, 0.3) is 6.71 Å². The van der Waals surface area contributed by atoms with Crippen LogP contribution in [-0.2, 0) is 21.7 Å². The molecule has 0 N–H and O–H groups in total. The van der Waals surface area contributed by atoms with Gasteiger partial charge in [-0.3, -0.25) is 0 Å². The van der Waals surface area contributed by atoms with E-state index < -0.39 is 174 Å². The Balaban J connectivity index is 0.000000168. The van der Waals surface area contributed by atoms with E-state index in [1.165, 1.54) is 186 Å². The van der Waals surface area contributed by atoms with Crippen LogP contribution in [0.4, 0.5) is 56.9 Å². The first-order chi connectivity index (χ1) is 70.5. The quantitative estimate of drug-likeness (QED) is 0.0329. The molecule has 150 heavy (non-hydrogen) atoms. The molecule has 0 bridgehead atoms. The van der Waals surface area contributed by atoms with E-state index in [4.69, 9.17) is 0 Å². The molecule has 4 heterocycles. The first-order valence-corrected chi connectivity index (χ1v) is 327. The van der Waals surface area contributed by atoms with Crippen LogP contribution in [0.5, 0.6) is 0 Å². The van der Waals surface area contributed by atoms with Crippen LogP contribution in [0.1, 0.15) is 161 Å². The van der Waals surface area contributed by atoms with Crippen molar-refractivity contribution in [2.75, 3.05) is 19.6 Å². The van der Waals surface area contributed by atoms with Gasteiger partial charge in [0.1, 0.15) is 0 Å². The van der Waals surface area contributed by atoms with Crippen LogP contribution in [0.2, 0.25) is 0 Å². The molecular formula is C99H101BI46N4. The molecule has 12 aromatic rings. The topological polar surface area (TPSA) is 13.0 Å². The fourth-order valence-corrected chi connectivity index (χ4v) is 8400. The minimum absolute atomic E-state index is 0. The van der Waals surface area contributed by atoms with Crippen LogP contribution in [0.15, 0.2) is 273 Å². The van der Waals surface area contributed by atoms with Gasteiger partial charge in [-0.2, -0.15) is 0 Å². The van der Waals surface area contributed by atoms with Gasteiger partial charge >= 0.3 is 620 Å². The van der Waals surface area contributed by atoms with Crippen LogP contribution in [0, 0.1) is 13.8 Å². The van der Waals surface area contributed by atoms with Gasteiger partial charge in [-0.15, -0.1) is 0 Å². The summed E-state index contributed by atoms with van der Waals surface area (Å²) in [5, 5.41) is 0. The summed E-state index contributed by atoms with van der Waals surface area (Å²) in [6, 6.07) is 102. The Hall–Kier alpha value is 23.5. The van der Waals surface area contributed by atoms with Crippen molar-refractivity contribution in [3.8, 4) is 44.5 Å². The minimum atomic E-state index is -0.564. The number of fused-ring (bicyclic) bond motifs is 10. The molecule has 18 rings (SSSR count). The summed E-state index contributed by atoms with van der Waals surface area (Å²) in [7, 11) is -11.5. The van der Waals surface area contributed by atoms with Crippen molar-refractivity contribution in [3.05, 3.63) is 306 Å². The van der Waals surface area contributed by atoms with Gasteiger partial charge in [0.2, 0.25) is 0 Å². The zero-order valence-electron chi connectivity index (χ0n) is 79.9. The number of anilines is 10. The van der Waals surface area contributed by atoms with E-state index in [9.17, 15) is 0 Å². The van der Waals surface area contributed by atoms with Crippen molar-refractivity contribution in [1.29, 1.82) is 0 Å². The summed E-state index contributed by atoms with van der Waals surface area (Å²) < 4.78 is 0. The first-order valence-electron chi connectivity index (χ1n) is 44.5. The van der Waals surface area contributed by atoms with Crippen molar-refractivity contribution >= 4 is 700 Å². The van der Waals surface area contributed by atoms with Crippen LogP contribution in [0.3, 0.4) is 0 Å². The van der Waals surface area contributed by atoms with Crippen LogP contribution < -0.4 is 36.0 Å². The van der Waals surface area contributed by atoms with E-state index >= 15 is 0 Å². The van der Waals surface area contributed by atoms with Crippen LogP contribution in [0.25, 0.3) is 44.5 Å². The second-order valence-electron chi connectivity index (χ2n) is 37.3. The molecule has 4 nitrogen and oxygen atoms in total. The molecule has 0 spiro atoms. The molecule has 0 aromatic heterocycles. The average Bonchev–Trinajstić information content (AvgIpc) is 1.49. The van der Waals surface area contributed by atoms with Gasteiger partial charge in [0.05, 0.1) is 11.1 Å². The molecule has 4 atom stereocenters. The third-order valence-electron chi connectivity index (χ3n) is 27.0. The number of hydrogen-bond donors (Lipinski definition) is 0. The van der Waals surface area contributed by atoms with Gasteiger partial charge in [0, 0.05) is 67.7 Å². The molecule has 0 amide bonds. The Morgan fingerprint density at radius 3 is 1.02 bits per heavy atom. The predicted molar refractivity (Wildman–Crippen MR) is 1090 cm³/mol. The third kappa shape index (κ3) is 34.6. The maximum absolute atomic E-state index is 3.37. The second kappa shape index (κ2) is 67.3. The van der Waals surface area contributed by atoms with Crippen molar-refractivity contribution in [2.45, 2.75) is 175 Å². The third-order valence-corrected chi connectivity index (χ3v) is 3500. The molecule has 842 valence electrons. The van der Waals surface area contributed by atoms with E-state index in [0.717, 1.165) is 11.4 Å². The van der Waals surface area contributed by atoms with Crippen LogP contribution >= 0.6 is 620 Å². The number of benzene rings is 12. The molecule has 12 aromatic carbocycles. The Kier molecular flexibility index (Phi) is 65.9. The second-order valence-corrected chi connectivity index (χ2v) is 1110. The average molecular weight is 7200 g/mol. The molecule has 2 fully saturated rings. The Morgan fingerprint density at radius 2 is 0.613 bits per heavy atom. The zero-order chi connectivity index (χ0) is 108. The van der Waals surface area contributed by atoms with Crippen LogP contribution in [-0.4, -0.2) is 17.8 Å². The molecule has 4 aliphatic heterocycles. The molecule has 4 unspecified atom stereocenters. The van der Waals surface area contributed by atoms with Gasteiger partial charge in [0.15, 0.2) is 0 Å². The van der Waals surface area contributed by atoms with E-state index in [1.807, 2.05) is 0 Å². The number of hydrogen-bond acceptors (Lipinski definition) is 4. The monoisotopic (exact) mass is 7190 g/mol. The summed E-state index contributed by atoms with van der Waals surface area (Å²) in [6.07, 6.45) is 9.93. The van der Waals surface area contributed by atoms with Crippen molar-refractivity contribution in [2.24, 2.45) is 0 Å². The van der Waals surface area contributed by atoms with Gasteiger partial charge in [-0.05, 0) is 237 Å². The predicted octanol–water partition coefficient (Wildman–Crippen LogP) is 66.2. The summed E-state index contributed by atoms with van der Waals surface area (Å²) in [4.78, 5) is 10.6. The molecule has 2 saturated carbocycles. The molecular weight excluding hydrogens is 7090 g/mol. The summed E-state index contributed by atoms with van der Waals surface area (Å²) >= 11 is 77.9. The standard InChI is InChI=1S/C49H47BN2.C49H50N2.CH4.I46/c1-32-26-43-45-44(27-32)52-46-39(48(5)24-13-14-25-49(48,52)6)30-37(47(2,3)4)31-41(46)50(45)40-23-22-36(34-18-11-8-12-19-34)29-42(40)51(43)38-21-15-20-35(28-38)33-16-9-7-10-17-33;1-35-29-43(34-44(30-35)51-46-26-25-40(47(2,3)4)33-45(46)48(5)27-13-14-28-49(48,51)6)50(41-23-15-21-38(31-41)36-17-9-7-10-18-36)42-24-16-22-39(32-42)37-19-11-8-12-20-37;;1-25(2)27(5)29(7)31(9)33(11)35(13)37(15)39(17)41(19)43(21)45(23)46(24)44(22)42(20)40(18)38(16)36(14)34(12)32(10)30(8)28(6)26(3)4/h7-12,15-23,26-31H,13-14,24-25H2,1-6H3;7-12,15-26,29-34H,13-14,27-28H2,1-6H3;1H4;. The molecule has 2 aliphatic carbocycles. The number of aryl methyl sites for hydroxylation is 2. The first kappa shape index (κ1) is 147. The zero-order valence-corrected chi connectivity index (χ0v) is 179. The molecule has 51 heteroatoms. The summed E-state index contributed by atoms with van der Waals surface area (Å²) in [5.74, 6) is 0. The Labute approximate surface area is 1200 Å². The number of rotatable bonds is 30. The van der Waals surface area contributed by atoms with E-state index in [0.29, 0.717) is 0 Å². The SMILES string of the molecule is C.Cc1cc(N(c2cccc(-c3ccccc3)c2)c2cccc(-c3ccccc3)c2)cc(N2c3ccc(C(C)(C)C)cc3C3(C)CCCCC23C)c1.Cc1cc2c3c(c1)N1c4c(cc(C(C)(C)C)cc4C4(C)CCCCC14C)B3c1ccc(-c3ccccc3)cc1N2c1cccc(-c2ccccc2)c1.II(I)I(I)I(I)I(I)I(I)I(I)I(I)I(I)I(I)I(I)I(I)I(I)I(I)I(I)I(I)I(I)I(I)I(I)I(I)I(I)I(I)I(I)I. The van der Waals surface area contributed by atoms with Crippen molar-refractivity contribution < 1.29 is 0 Å². The van der Waals surface area contributed by atoms with E-state index in [2.05, 4.69) is 822 Å². The fourth-order valence-electron chi connectivity index (χ4n) is 20.0. The number of nitrogens with zero attached hydrogens (tertiary/aromatic N) is 4. The summed E-state index contributed by atoms with van der Waals surface area (Å²) in [6.45, 7) is 29.2. The van der Waals surface area contributed by atoms with Crippen molar-refractivity contribution in [1.82, 2.24) is 0 Å². The van der Waals surface area contributed by atoms with Crippen molar-refractivity contribution in [3.63, 3.8) is 0 Å².